The SMILES string of the molecule is CCCC(C)(NC(=O)CCn1nc(C)cc1C)C(=O)OC. The first-order valence-corrected chi connectivity index (χ1v) is 7.23. The monoisotopic (exact) mass is 295 g/mol. The van der Waals surface area contributed by atoms with E-state index >= 15 is 0 Å². The predicted octanol–water partition coefficient (Wildman–Crippen LogP) is 1.74. The number of hydrogen-bond acceptors (Lipinski definition) is 4. The van der Waals surface area contributed by atoms with Crippen LogP contribution in [0.3, 0.4) is 0 Å². The normalized spacial score (nSPS) is 13.6. The van der Waals surface area contributed by atoms with Crippen molar-refractivity contribution in [3.05, 3.63) is 17.5 Å². The molecule has 0 fully saturated rings. The van der Waals surface area contributed by atoms with Gasteiger partial charge in [0.25, 0.3) is 0 Å². The maximum Gasteiger partial charge on any atom is 0.331 e. The minimum Gasteiger partial charge on any atom is -0.467 e. The van der Waals surface area contributed by atoms with Crippen LogP contribution in [0.4, 0.5) is 0 Å². The van der Waals surface area contributed by atoms with Gasteiger partial charge in [0.15, 0.2) is 0 Å². The van der Waals surface area contributed by atoms with Crippen molar-refractivity contribution in [1.82, 2.24) is 15.1 Å². The molecule has 1 atom stereocenters. The summed E-state index contributed by atoms with van der Waals surface area (Å²) in [5, 5.41) is 7.10. The number of nitrogens with one attached hydrogen (secondary N) is 1. The molecule has 0 aromatic carbocycles. The summed E-state index contributed by atoms with van der Waals surface area (Å²) in [6, 6.07) is 1.97. The number of hydrogen-bond donors (Lipinski definition) is 1. The fourth-order valence-corrected chi connectivity index (χ4v) is 2.42. The third-order valence-electron chi connectivity index (χ3n) is 3.46. The highest BCUT2D eigenvalue weighted by atomic mass is 16.5. The van der Waals surface area contributed by atoms with E-state index in [1.165, 1.54) is 7.11 Å². The van der Waals surface area contributed by atoms with E-state index in [1.807, 2.05) is 26.8 Å². The molecule has 0 spiro atoms. The van der Waals surface area contributed by atoms with E-state index in [2.05, 4.69) is 10.4 Å². The van der Waals surface area contributed by atoms with Gasteiger partial charge in [0.2, 0.25) is 5.91 Å². The lowest BCUT2D eigenvalue weighted by atomic mass is 9.96. The second kappa shape index (κ2) is 7.24. The molecule has 6 nitrogen and oxygen atoms in total. The molecule has 0 aliphatic heterocycles. The van der Waals surface area contributed by atoms with Crippen LogP contribution >= 0.6 is 0 Å². The van der Waals surface area contributed by atoms with Gasteiger partial charge in [0.1, 0.15) is 5.54 Å². The molecule has 1 unspecified atom stereocenters. The molecule has 118 valence electrons. The standard InChI is InChI=1S/C15H25N3O3/c1-6-8-15(4,14(20)21-5)16-13(19)7-9-18-12(3)10-11(2)17-18/h10H,6-9H2,1-5H3,(H,16,19). The van der Waals surface area contributed by atoms with E-state index in [-0.39, 0.29) is 12.3 Å². The first kappa shape index (κ1) is 17.2. The molecule has 6 heteroatoms. The number of methoxy groups -OCH3 is 1. The average molecular weight is 295 g/mol. The molecule has 0 aliphatic carbocycles. The van der Waals surface area contributed by atoms with E-state index in [0.29, 0.717) is 13.0 Å². The second-order valence-electron chi connectivity index (χ2n) is 5.52. The third-order valence-corrected chi connectivity index (χ3v) is 3.46. The van der Waals surface area contributed by atoms with Crippen LogP contribution in [0.15, 0.2) is 6.07 Å². The van der Waals surface area contributed by atoms with Crippen molar-refractivity contribution in [3.63, 3.8) is 0 Å². The summed E-state index contributed by atoms with van der Waals surface area (Å²) in [7, 11) is 1.33. The molecule has 0 aliphatic rings. The number of aryl methyl sites for hydroxylation is 3. The second-order valence-corrected chi connectivity index (χ2v) is 5.52. The summed E-state index contributed by atoms with van der Waals surface area (Å²) in [6.07, 6.45) is 1.60. The van der Waals surface area contributed by atoms with Crippen molar-refractivity contribution in [3.8, 4) is 0 Å². The van der Waals surface area contributed by atoms with Crippen LogP contribution in [-0.4, -0.2) is 34.3 Å². The molecular formula is C15H25N3O3. The topological polar surface area (TPSA) is 73.2 Å². The maximum absolute atomic E-state index is 12.1. The molecule has 1 N–H and O–H groups in total. The van der Waals surface area contributed by atoms with Gasteiger partial charge in [-0.05, 0) is 33.3 Å². The van der Waals surface area contributed by atoms with Gasteiger partial charge in [-0.1, -0.05) is 13.3 Å². The van der Waals surface area contributed by atoms with E-state index < -0.39 is 11.5 Å². The minimum atomic E-state index is -0.963. The van der Waals surface area contributed by atoms with Crippen molar-refractivity contribution in [2.75, 3.05) is 7.11 Å². The Morgan fingerprint density at radius 1 is 1.43 bits per heavy atom. The molecular weight excluding hydrogens is 270 g/mol. The number of nitrogens with zero attached hydrogens (tertiary/aromatic N) is 2. The largest absolute Gasteiger partial charge is 0.467 e. The van der Waals surface area contributed by atoms with Crippen molar-refractivity contribution in [2.45, 2.75) is 59.0 Å². The molecule has 0 saturated heterocycles. The summed E-state index contributed by atoms with van der Waals surface area (Å²) < 4.78 is 6.58. The van der Waals surface area contributed by atoms with E-state index in [0.717, 1.165) is 17.8 Å². The predicted molar refractivity (Wildman–Crippen MR) is 79.8 cm³/mol. The maximum atomic E-state index is 12.1. The molecule has 0 saturated carbocycles. The van der Waals surface area contributed by atoms with Gasteiger partial charge in [-0.25, -0.2) is 4.79 Å². The first-order valence-electron chi connectivity index (χ1n) is 7.23. The van der Waals surface area contributed by atoms with Gasteiger partial charge in [-0.3, -0.25) is 9.48 Å². The summed E-state index contributed by atoms with van der Waals surface area (Å²) in [5.74, 6) is -0.590. The van der Waals surface area contributed by atoms with Crippen LogP contribution < -0.4 is 5.32 Å². The zero-order chi connectivity index (χ0) is 16.0. The van der Waals surface area contributed by atoms with Crippen LogP contribution in [0.2, 0.25) is 0 Å². The summed E-state index contributed by atoms with van der Waals surface area (Å²) in [6.45, 7) is 8.02. The Morgan fingerprint density at radius 3 is 2.57 bits per heavy atom. The van der Waals surface area contributed by atoms with E-state index in [9.17, 15) is 9.59 Å². The number of carbonyl (C=O) groups excluding carboxylic acids is 2. The van der Waals surface area contributed by atoms with Crippen molar-refractivity contribution >= 4 is 11.9 Å². The molecule has 0 radical (unpaired) electrons. The van der Waals surface area contributed by atoms with Crippen LogP contribution in [0.25, 0.3) is 0 Å². The van der Waals surface area contributed by atoms with Gasteiger partial charge >= 0.3 is 5.97 Å². The van der Waals surface area contributed by atoms with Gasteiger partial charge in [-0.15, -0.1) is 0 Å². The fourth-order valence-electron chi connectivity index (χ4n) is 2.42. The van der Waals surface area contributed by atoms with Crippen molar-refractivity contribution < 1.29 is 14.3 Å². The molecule has 0 bridgehead atoms. The number of amides is 1. The summed E-state index contributed by atoms with van der Waals surface area (Å²) in [4.78, 5) is 23.9. The number of carbonyl (C=O) groups is 2. The number of aromatic nitrogens is 2. The lowest BCUT2D eigenvalue weighted by Crippen LogP contribution is -2.52. The number of ether oxygens (including phenoxy) is 1. The number of rotatable bonds is 7. The third kappa shape index (κ3) is 4.58. The molecule has 1 heterocycles. The lowest BCUT2D eigenvalue weighted by Gasteiger charge is -2.27. The van der Waals surface area contributed by atoms with Crippen molar-refractivity contribution in [2.24, 2.45) is 0 Å². The summed E-state index contributed by atoms with van der Waals surface area (Å²) in [5.41, 5.74) is 0.984. The molecule has 1 rings (SSSR count). The van der Waals surface area contributed by atoms with Crippen molar-refractivity contribution in [1.29, 1.82) is 0 Å². The van der Waals surface area contributed by atoms with Crippen LogP contribution in [0, 0.1) is 13.8 Å². The van der Waals surface area contributed by atoms with Gasteiger partial charge in [-0.2, -0.15) is 5.10 Å². The van der Waals surface area contributed by atoms with Crippen LogP contribution in [0.1, 0.15) is 44.5 Å². The smallest absolute Gasteiger partial charge is 0.331 e. The average Bonchev–Trinajstić information content (AvgIpc) is 2.73. The Balaban J connectivity index is 2.62. The zero-order valence-corrected chi connectivity index (χ0v) is 13.5. The molecule has 1 amide bonds. The molecule has 1 aromatic rings. The Bertz CT molecular complexity index is 510. The number of esters is 1. The molecule has 21 heavy (non-hydrogen) atoms. The first-order chi connectivity index (χ1) is 9.82. The highest BCUT2D eigenvalue weighted by Gasteiger charge is 2.34. The van der Waals surface area contributed by atoms with Gasteiger partial charge in [0, 0.05) is 18.7 Å². The Kier molecular flexibility index (Phi) is 5.93. The quantitative estimate of drug-likeness (QED) is 0.778. The van der Waals surface area contributed by atoms with Crippen LogP contribution in [0.5, 0.6) is 0 Å². The minimum absolute atomic E-state index is 0.177. The molecule has 1 aromatic heterocycles. The highest BCUT2D eigenvalue weighted by molar-refractivity contribution is 5.87. The van der Waals surface area contributed by atoms with Gasteiger partial charge in [0.05, 0.1) is 12.8 Å². The summed E-state index contributed by atoms with van der Waals surface area (Å²) >= 11 is 0. The highest BCUT2D eigenvalue weighted by Crippen LogP contribution is 2.14. The lowest BCUT2D eigenvalue weighted by molar-refractivity contribution is -0.150. The fraction of sp³-hybridized carbons (Fsp3) is 0.667. The van der Waals surface area contributed by atoms with Gasteiger partial charge < -0.3 is 10.1 Å². The zero-order valence-electron chi connectivity index (χ0n) is 13.5. The Labute approximate surface area is 125 Å². The van der Waals surface area contributed by atoms with E-state index in [4.69, 9.17) is 4.74 Å². The van der Waals surface area contributed by atoms with E-state index in [1.54, 1.807) is 11.6 Å². The Hall–Kier alpha value is -1.85. The van der Waals surface area contributed by atoms with Crippen LogP contribution in [-0.2, 0) is 20.9 Å². The Morgan fingerprint density at radius 2 is 2.10 bits per heavy atom.